The van der Waals surface area contributed by atoms with Crippen LogP contribution >= 0.6 is 0 Å². The number of amides is 1. The Labute approximate surface area is 182 Å². The molecular weight excluding hydrogens is 390 g/mol. The number of rotatable bonds is 5. The Hall–Kier alpha value is -2.64. The van der Waals surface area contributed by atoms with E-state index in [9.17, 15) is 4.79 Å². The van der Waals surface area contributed by atoms with Crippen LogP contribution in [-0.4, -0.2) is 56.6 Å². The molecule has 6 rings (SSSR count). The van der Waals surface area contributed by atoms with Crippen molar-refractivity contribution in [3.8, 4) is 0 Å². The summed E-state index contributed by atoms with van der Waals surface area (Å²) in [5.41, 5.74) is 3.55. The van der Waals surface area contributed by atoms with Crippen molar-refractivity contribution in [1.82, 2.24) is 25.1 Å². The number of nitrogens with zero attached hydrogens (tertiary/aromatic N) is 5. The number of hydrogen-bond donors (Lipinski definition) is 2. The first-order valence-electron chi connectivity index (χ1n) is 12.0. The summed E-state index contributed by atoms with van der Waals surface area (Å²) >= 11 is 0. The van der Waals surface area contributed by atoms with E-state index in [-0.39, 0.29) is 11.9 Å². The molecule has 8 nitrogen and oxygen atoms in total. The number of fused-ring (bicyclic) bond motifs is 1. The van der Waals surface area contributed by atoms with E-state index in [4.69, 9.17) is 9.97 Å². The molecule has 0 radical (unpaired) electrons. The van der Waals surface area contributed by atoms with Gasteiger partial charge in [0.2, 0.25) is 11.9 Å². The standard InChI is InChI=1S/C23H31N7O/c31-22(29-11-1-2-12-29)19-10-5-13-30(19)23-24-17-9-4-8-16(17)21(26-23)25-20-14-18(27-28-20)15-6-3-7-15/h14-15,19H,1-13H2,(H2,24,25,26,27,28)/t19-/m1/s1. The molecule has 4 aliphatic rings. The Morgan fingerprint density at radius 1 is 1.00 bits per heavy atom. The predicted octanol–water partition coefficient (Wildman–Crippen LogP) is 3.29. The van der Waals surface area contributed by atoms with Gasteiger partial charge in [-0.15, -0.1) is 0 Å². The van der Waals surface area contributed by atoms with Gasteiger partial charge in [-0.2, -0.15) is 10.1 Å². The van der Waals surface area contributed by atoms with E-state index >= 15 is 0 Å². The average Bonchev–Trinajstić information content (AvgIpc) is 3.52. The van der Waals surface area contributed by atoms with Crippen molar-refractivity contribution in [2.75, 3.05) is 29.9 Å². The molecule has 0 spiro atoms. The summed E-state index contributed by atoms with van der Waals surface area (Å²) in [6.07, 6.45) is 11.0. The molecule has 0 bridgehead atoms. The van der Waals surface area contributed by atoms with Crippen molar-refractivity contribution in [2.45, 2.75) is 76.2 Å². The van der Waals surface area contributed by atoms with Gasteiger partial charge >= 0.3 is 0 Å². The largest absolute Gasteiger partial charge is 0.341 e. The predicted molar refractivity (Wildman–Crippen MR) is 119 cm³/mol. The number of carbonyl (C=O) groups is 1. The van der Waals surface area contributed by atoms with Crippen LogP contribution in [0.3, 0.4) is 0 Å². The molecule has 0 unspecified atom stereocenters. The number of hydrogen-bond acceptors (Lipinski definition) is 6. The Bertz CT molecular complexity index is 976. The molecule has 1 saturated carbocycles. The van der Waals surface area contributed by atoms with Crippen molar-refractivity contribution in [1.29, 1.82) is 0 Å². The Kier molecular flexibility index (Phi) is 4.80. The fraction of sp³-hybridized carbons (Fsp3) is 0.652. The summed E-state index contributed by atoms with van der Waals surface area (Å²) in [4.78, 5) is 27.2. The fourth-order valence-electron chi connectivity index (χ4n) is 5.51. The summed E-state index contributed by atoms with van der Waals surface area (Å²) in [6, 6.07) is 2.00. The number of carbonyl (C=O) groups excluding carboxylic acids is 1. The highest BCUT2D eigenvalue weighted by molar-refractivity contribution is 5.85. The minimum Gasteiger partial charge on any atom is -0.341 e. The van der Waals surface area contributed by atoms with Crippen molar-refractivity contribution in [3.63, 3.8) is 0 Å². The Balaban J connectivity index is 1.28. The van der Waals surface area contributed by atoms with Crippen LogP contribution in [0.25, 0.3) is 0 Å². The minimum atomic E-state index is -0.124. The first-order chi connectivity index (χ1) is 15.3. The van der Waals surface area contributed by atoms with Crippen LogP contribution in [0.15, 0.2) is 6.07 Å². The van der Waals surface area contributed by atoms with Gasteiger partial charge in [0.15, 0.2) is 5.82 Å². The lowest BCUT2D eigenvalue weighted by Crippen LogP contribution is -2.45. The molecule has 1 atom stereocenters. The van der Waals surface area contributed by atoms with E-state index < -0.39 is 0 Å². The highest BCUT2D eigenvalue weighted by Crippen LogP contribution is 2.37. The van der Waals surface area contributed by atoms with Gasteiger partial charge < -0.3 is 15.1 Å². The quantitative estimate of drug-likeness (QED) is 0.770. The van der Waals surface area contributed by atoms with E-state index in [0.29, 0.717) is 11.9 Å². The molecule has 2 aliphatic carbocycles. The van der Waals surface area contributed by atoms with E-state index in [2.05, 4.69) is 26.5 Å². The van der Waals surface area contributed by atoms with E-state index in [0.717, 1.165) is 81.9 Å². The molecule has 4 heterocycles. The van der Waals surface area contributed by atoms with Gasteiger partial charge in [-0.3, -0.25) is 9.89 Å². The molecule has 2 saturated heterocycles. The van der Waals surface area contributed by atoms with Gasteiger partial charge in [-0.1, -0.05) is 6.42 Å². The number of aryl methyl sites for hydroxylation is 1. The molecule has 2 aromatic heterocycles. The lowest BCUT2D eigenvalue weighted by atomic mass is 9.83. The van der Waals surface area contributed by atoms with Crippen LogP contribution in [-0.2, 0) is 17.6 Å². The smallest absolute Gasteiger partial charge is 0.245 e. The van der Waals surface area contributed by atoms with Gasteiger partial charge in [0.05, 0.1) is 5.69 Å². The van der Waals surface area contributed by atoms with Crippen molar-refractivity contribution in [3.05, 3.63) is 23.0 Å². The lowest BCUT2D eigenvalue weighted by molar-refractivity contribution is -0.131. The van der Waals surface area contributed by atoms with Gasteiger partial charge in [-0.05, 0) is 57.8 Å². The maximum Gasteiger partial charge on any atom is 0.245 e. The third-order valence-corrected chi connectivity index (χ3v) is 7.52. The zero-order chi connectivity index (χ0) is 20.8. The van der Waals surface area contributed by atoms with Crippen LogP contribution in [0.5, 0.6) is 0 Å². The summed E-state index contributed by atoms with van der Waals surface area (Å²) in [5, 5.41) is 11.2. The molecule has 1 amide bonds. The van der Waals surface area contributed by atoms with Crippen molar-refractivity contribution < 1.29 is 4.79 Å². The highest BCUT2D eigenvalue weighted by Gasteiger charge is 2.37. The Morgan fingerprint density at radius 2 is 1.87 bits per heavy atom. The first-order valence-corrected chi connectivity index (χ1v) is 12.0. The third-order valence-electron chi connectivity index (χ3n) is 7.52. The third kappa shape index (κ3) is 3.46. The molecule has 164 valence electrons. The van der Waals surface area contributed by atoms with Crippen LogP contribution in [0.4, 0.5) is 17.6 Å². The molecular formula is C23H31N7O. The van der Waals surface area contributed by atoms with Crippen molar-refractivity contribution in [2.24, 2.45) is 0 Å². The normalized spacial score (nSPS) is 23.3. The van der Waals surface area contributed by atoms with Gasteiger partial charge in [0.1, 0.15) is 11.9 Å². The Morgan fingerprint density at radius 3 is 2.68 bits per heavy atom. The molecule has 31 heavy (non-hydrogen) atoms. The topological polar surface area (TPSA) is 90.0 Å². The maximum atomic E-state index is 13.1. The molecule has 0 aromatic carbocycles. The summed E-state index contributed by atoms with van der Waals surface area (Å²) in [6.45, 7) is 2.63. The SMILES string of the molecule is O=C([C@H]1CCCN1c1nc2c(c(Nc3cc(C4CCC4)[nH]n3)n1)CCC2)N1CCCC1. The van der Waals surface area contributed by atoms with Crippen molar-refractivity contribution >= 4 is 23.5 Å². The van der Waals surface area contributed by atoms with E-state index in [1.807, 2.05) is 4.90 Å². The second-order valence-electron chi connectivity index (χ2n) is 9.50. The number of nitrogens with one attached hydrogen (secondary N) is 2. The second-order valence-corrected chi connectivity index (χ2v) is 9.50. The van der Waals surface area contributed by atoms with Crippen LogP contribution in [0.1, 0.15) is 74.2 Å². The maximum absolute atomic E-state index is 13.1. The lowest BCUT2D eigenvalue weighted by Gasteiger charge is -2.28. The fourth-order valence-corrected chi connectivity index (χ4v) is 5.51. The number of aromatic nitrogens is 4. The summed E-state index contributed by atoms with van der Waals surface area (Å²) in [7, 11) is 0. The van der Waals surface area contributed by atoms with Gasteiger partial charge in [-0.25, -0.2) is 4.98 Å². The van der Waals surface area contributed by atoms with Gasteiger partial charge in [0.25, 0.3) is 0 Å². The van der Waals surface area contributed by atoms with Crippen LogP contribution in [0, 0.1) is 0 Å². The number of likely N-dealkylation sites (tertiary alicyclic amines) is 1. The van der Waals surface area contributed by atoms with E-state index in [1.165, 1.54) is 30.5 Å². The minimum absolute atomic E-state index is 0.124. The zero-order valence-electron chi connectivity index (χ0n) is 18.1. The molecule has 2 aromatic rings. The molecule has 8 heteroatoms. The number of H-pyrrole nitrogens is 1. The first kappa shape index (κ1) is 19.1. The van der Waals surface area contributed by atoms with Crippen LogP contribution in [0.2, 0.25) is 0 Å². The zero-order valence-corrected chi connectivity index (χ0v) is 18.1. The average molecular weight is 422 g/mol. The number of anilines is 3. The molecule has 3 fully saturated rings. The monoisotopic (exact) mass is 421 g/mol. The van der Waals surface area contributed by atoms with Crippen LogP contribution < -0.4 is 10.2 Å². The summed E-state index contributed by atoms with van der Waals surface area (Å²) < 4.78 is 0. The highest BCUT2D eigenvalue weighted by atomic mass is 16.2. The van der Waals surface area contributed by atoms with E-state index in [1.54, 1.807) is 0 Å². The number of aromatic amines is 1. The second kappa shape index (κ2) is 7.80. The van der Waals surface area contributed by atoms with Gasteiger partial charge in [0, 0.05) is 42.9 Å². The summed E-state index contributed by atoms with van der Waals surface area (Å²) in [5.74, 6) is 3.27. The molecule has 2 aliphatic heterocycles. The molecule has 2 N–H and O–H groups in total.